The van der Waals surface area contributed by atoms with E-state index in [0.717, 1.165) is 0 Å². The average Bonchev–Trinajstić information content (AvgIpc) is 2.81. The van der Waals surface area contributed by atoms with Crippen molar-refractivity contribution in [3.05, 3.63) is 54.1 Å². The molecule has 3 rings (SSSR count). The van der Waals surface area contributed by atoms with Gasteiger partial charge in [0.25, 0.3) is 0 Å². The molecular formula is C14H11O4P. The second kappa shape index (κ2) is 4.90. The Bertz CT molecular complexity index is 601. The molecule has 1 heterocycles. The molecular weight excluding hydrogens is 263 g/mol. The minimum atomic E-state index is -1.54. The zero-order chi connectivity index (χ0) is 13.2. The Labute approximate surface area is 111 Å². The van der Waals surface area contributed by atoms with Gasteiger partial charge in [-0.25, -0.2) is 0 Å². The van der Waals surface area contributed by atoms with Gasteiger partial charge < -0.3 is 13.6 Å². The summed E-state index contributed by atoms with van der Waals surface area (Å²) in [6.45, 7) is 1.50. The van der Waals surface area contributed by atoms with Crippen LogP contribution in [0.2, 0.25) is 0 Å². The lowest BCUT2D eigenvalue weighted by Crippen LogP contribution is -2.00. The fraction of sp³-hybridized carbons (Fsp3) is 0.0714. The molecule has 0 saturated carbocycles. The first-order valence-corrected chi connectivity index (χ1v) is 6.86. The predicted molar refractivity (Wildman–Crippen MR) is 71.7 cm³/mol. The van der Waals surface area contributed by atoms with Gasteiger partial charge in [-0.1, -0.05) is 24.3 Å². The van der Waals surface area contributed by atoms with Crippen LogP contribution in [0.3, 0.4) is 0 Å². The normalized spacial score (nSPS) is 13.3. The van der Waals surface area contributed by atoms with E-state index in [-0.39, 0.29) is 5.78 Å². The number of carbonyl (C=O) groups is 1. The van der Waals surface area contributed by atoms with Crippen LogP contribution < -0.4 is 13.6 Å². The SMILES string of the molecule is CC(=O)c1ccccc1OP1Oc2ccccc2O1. The van der Waals surface area contributed by atoms with Crippen molar-refractivity contribution in [1.82, 2.24) is 0 Å². The molecule has 4 nitrogen and oxygen atoms in total. The van der Waals surface area contributed by atoms with Crippen molar-refractivity contribution in [3.63, 3.8) is 0 Å². The summed E-state index contributed by atoms with van der Waals surface area (Å²) < 4.78 is 16.8. The number of fused-ring (bicyclic) bond motifs is 1. The van der Waals surface area contributed by atoms with Gasteiger partial charge in [0.15, 0.2) is 17.3 Å². The Kier molecular flexibility index (Phi) is 3.10. The predicted octanol–water partition coefficient (Wildman–Crippen LogP) is 3.97. The van der Waals surface area contributed by atoms with E-state index in [4.69, 9.17) is 13.6 Å². The minimum absolute atomic E-state index is 0.0534. The first-order valence-electron chi connectivity index (χ1n) is 5.77. The standard InChI is InChI=1S/C14H11O4P/c1-10(15)11-6-2-3-7-12(11)16-19-17-13-8-4-5-9-14(13)18-19/h2-9H,1H3. The summed E-state index contributed by atoms with van der Waals surface area (Å²) >= 11 is 0. The Morgan fingerprint density at radius 3 is 2.21 bits per heavy atom. The molecule has 1 aliphatic heterocycles. The van der Waals surface area contributed by atoms with Crippen LogP contribution in [0.25, 0.3) is 0 Å². The molecule has 19 heavy (non-hydrogen) atoms. The van der Waals surface area contributed by atoms with Crippen LogP contribution >= 0.6 is 8.60 Å². The average molecular weight is 274 g/mol. The van der Waals surface area contributed by atoms with Crippen LogP contribution in [-0.2, 0) is 0 Å². The highest BCUT2D eigenvalue weighted by Crippen LogP contribution is 2.52. The quantitative estimate of drug-likeness (QED) is 0.627. The zero-order valence-electron chi connectivity index (χ0n) is 10.2. The van der Waals surface area contributed by atoms with E-state index >= 15 is 0 Å². The summed E-state index contributed by atoms with van der Waals surface area (Å²) in [5.74, 6) is 1.75. The van der Waals surface area contributed by atoms with Gasteiger partial charge in [0.05, 0.1) is 5.56 Å². The summed E-state index contributed by atoms with van der Waals surface area (Å²) in [7, 11) is -1.54. The number of hydrogen-bond donors (Lipinski definition) is 0. The number of ketones is 1. The van der Waals surface area contributed by atoms with Crippen molar-refractivity contribution >= 4 is 14.4 Å². The van der Waals surface area contributed by atoms with Gasteiger partial charge in [-0.2, -0.15) is 0 Å². The Hall–Kier alpha value is -2.06. The summed E-state index contributed by atoms with van der Waals surface area (Å²) in [6.07, 6.45) is 0. The Balaban J connectivity index is 1.80. The van der Waals surface area contributed by atoms with Gasteiger partial charge >= 0.3 is 8.60 Å². The number of para-hydroxylation sites is 3. The third-order valence-electron chi connectivity index (χ3n) is 2.63. The van der Waals surface area contributed by atoms with Crippen LogP contribution in [0.15, 0.2) is 48.5 Å². The lowest BCUT2D eigenvalue weighted by molar-refractivity contribution is 0.101. The number of carbonyl (C=O) groups excluding carboxylic acids is 1. The molecule has 0 N–H and O–H groups in total. The molecule has 0 saturated heterocycles. The molecule has 0 aromatic heterocycles. The zero-order valence-corrected chi connectivity index (χ0v) is 11.1. The largest absolute Gasteiger partial charge is 0.530 e. The van der Waals surface area contributed by atoms with Crippen LogP contribution in [0.1, 0.15) is 17.3 Å². The molecule has 2 aromatic carbocycles. The van der Waals surface area contributed by atoms with E-state index in [2.05, 4.69) is 0 Å². The van der Waals surface area contributed by atoms with Gasteiger partial charge in [-0.15, -0.1) is 0 Å². The molecule has 0 atom stereocenters. The highest BCUT2D eigenvalue weighted by molar-refractivity contribution is 7.43. The number of benzene rings is 2. The van der Waals surface area contributed by atoms with E-state index in [1.807, 2.05) is 24.3 Å². The van der Waals surface area contributed by atoms with Crippen molar-refractivity contribution in [2.24, 2.45) is 0 Å². The molecule has 0 amide bonds. The van der Waals surface area contributed by atoms with Crippen molar-refractivity contribution in [2.45, 2.75) is 6.92 Å². The van der Waals surface area contributed by atoms with Crippen LogP contribution in [0.4, 0.5) is 0 Å². The molecule has 0 spiro atoms. The Morgan fingerprint density at radius 1 is 1.00 bits per heavy atom. The number of rotatable bonds is 3. The van der Waals surface area contributed by atoms with E-state index in [0.29, 0.717) is 22.8 Å². The molecule has 0 unspecified atom stereocenters. The van der Waals surface area contributed by atoms with Gasteiger partial charge in [-0.05, 0) is 31.2 Å². The van der Waals surface area contributed by atoms with Gasteiger partial charge in [-0.3, -0.25) is 4.79 Å². The van der Waals surface area contributed by atoms with Crippen LogP contribution in [0, 0.1) is 0 Å². The smallest absolute Gasteiger partial charge is 0.408 e. The maximum absolute atomic E-state index is 11.5. The van der Waals surface area contributed by atoms with E-state index in [1.165, 1.54) is 6.92 Å². The fourth-order valence-corrected chi connectivity index (χ4v) is 2.79. The molecule has 0 aliphatic carbocycles. The van der Waals surface area contributed by atoms with Gasteiger partial charge in [0.1, 0.15) is 5.75 Å². The van der Waals surface area contributed by atoms with Crippen molar-refractivity contribution in [3.8, 4) is 17.2 Å². The summed E-state index contributed by atoms with van der Waals surface area (Å²) in [5, 5.41) is 0. The summed E-state index contributed by atoms with van der Waals surface area (Å²) in [6, 6.07) is 14.4. The van der Waals surface area contributed by atoms with E-state index in [1.54, 1.807) is 24.3 Å². The molecule has 0 radical (unpaired) electrons. The lowest BCUT2D eigenvalue weighted by atomic mass is 10.1. The first kappa shape index (κ1) is 12.0. The minimum Gasteiger partial charge on any atom is -0.408 e. The van der Waals surface area contributed by atoms with E-state index < -0.39 is 8.60 Å². The highest BCUT2D eigenvalue weighted by Gasteiger charge is 2.30. The second-order valence-electron chi connectivity index (χ2n) is 4.00. The third-order valence-corrected chi connectivity index (χ3v) is 3.67. The van der Waals surface area contributed by atoms with Crippen molar-refractivity contribution < 1.29 is 18.4 Å². The molecule has 1 aliphatic rings. The van der Waals surface area contributed by atoms with E-state index in [9.17, 15) is 4.79 Å². The van der Waals surface area contributed by atoms with Crippen LogP contribution in [0.5, 0.6) is 17.2 Å². The van der Waals surface area contributed by atoms with Gasteiger partial charge in [0, 0.05) is 0 Å². The first-order chi connectivity index (χ1) is 9.24. The lowest BCUT2D eigenvalue weighted by Gasteiger charge is -2.11. The molecule has 2 aromatic rings. The fourth-order valence-electron chi connectivity index (χ4n) is 1.73. The summed E-state index contributed by atoms with van der Waals surface area (Å²) in [4.78, 5) is 11.5. The maximum atomic E-state index is 11.5. The maximum Gasteiger partial charge on any atom is 0.530 e. The van der Waals surface area contributed by atoms with Gasteiger partial charge in [0.2, 0.25) is 0 Å². The summed E-state index contributed by atoms with van der Waals surface area (Å²) in [5.41, 5.74) is 0.521. The molecule has 0 bridgehead atoms. The van der Waals surface area contributed by atoms with Crippen LogP contribution in [-0.4, -0.2) is 5.78 Å². The van der Waals surface area contributed by atoms with Crippen molar-refractivity contribution in [2.75, 3.05) is 0 Å². The third kappa shape index (κ3) is 2.40. The monoisotopic (exact) mass is 274 g/mol. The number of hydrogen-bond acceptors (Lipinski definition) is 4. The molecule has 96 valence electrons. The molecule has 5 heteroatoms. The Morgan fingerprint density at radius 2 is 1.58 bits per heavy atom. The van der Waals surface area contributed by atoms with Crippen molar-refractivity contribution in [1.29, 1.82) is 0 Å². The highest BCUT2D eigenvalue weighted by atomic mass is 31.2. The topological polar surface area (TPSA) is 44.8 Å². The second-order valence-corrected chi connectivity index (χ2v) is 4.99. The number of Topliss-reactive ketones (excluding diaryl/α,β-unsaturated/α-hetero) is 1. The molecule has 0 fully saturated rings.